The Kier molecular flexibility index (Phi) is 6.07. The third-order valence-electron chi connectivity index (χ3n) is 4.86. The Morgan fingerprint density at radius 3 is 2.45 bits per heavy atom. The van der Waals surface area contributed by atoms with Gasteiger partial charge in [-0.25, -0.2) is 0 Å². The van der Waals surface area contributed by atoms with Crippen molar-refractivity contribution in [1.82, 2.24) is 10.3 Å². The summed E-state index contributed by atoms with van der Waals surface area (Å²) in [7, 11) is 3.05. The Hall–Kier alpha value is -3.48. The van der Waals surface area contributed by atoms with Crippen molar-refractivity contribution < 1.29 is 19.1 Å². The van der Waals surface area contributed by atoms with Crippen LogP contribution in [0.25, 0.3) is 10.9 Å². The summed E-state index contributed by atoms with van der Waals surface area (Å²) >= 11 is 0. The van der Waals surface area contributed by atoms with Crippen LogP contribution < -0.4 is 20.1 Å². The van der Waals surface area contributed by atoms with Crippen LogP contribution in [0, 0.1) is 13.8 Å². The smallest absolute Gasteiger partial charge is 0.313 e. The van der Waals surface area contributed by atoms with Crippen LogP contribution in [0.15, 0.2) is 36.5 Å². The van der Waals surface area contributed by atoms with Gasteiger partial charge in [-0.05, 0) is 49.1 Å². The molecule has 7 heteroatoms. The van der Waals surface area contributed by atoms with Crippen LogP contribution in [0.5, 0.6) is 11.5 Å². The zero-order valence-corrected chi connectivity index (χ0v) is 17.0. The van der Waals surface area contributed by atoms with Crippen LogP contribution >= 0.6 is 0 Å². The lowest BCUT2D eigenvalue weighted by molar-refractivity contribution is -0.136. The van der Waals surface area contributed by atoms with Crippen LogP contribution in [0.1, 0.15) is 16.7 Å². The average molecular weight is 395 g/mol. The number of ether oxygens (including phenoxy) is 2. The first-order chi connectivity index (χ1) is 13.9. The molecule has 3 aromatic rings. The minimum absolute atomic E-state index is 0.360. The van der Waals surface area contributed by atoms with Crippen molar-refractivity contribution in [1.29, 1.82) is 0 Å². The lowest BCUT2D eigenvalue weighted by Gasteiger charge is -2.13. The number of hydrogen-bond acceptors (Lipinski definition) is 4. The van der Waals surface area contributed by atoms with Gasteiger partial charge in [-0.2, -0.15) is 0 Å². The third-order valence-corrected chi connectivity index (χ3v) is 4.86. The van der Waals surface area contributed by atoms with E-state index in [-0.39, 0.29) is 0 Å². The van der Waals surface area contributed by atoms with Crippen molar-refractivity contribution in [3.8, 4) is 11.5 Å². The molecule has 2 amide bonds. The number of hydrogen-bond donors (Lipinski definition) is 3. The van der Waals surface area contributed by atoms with Crippen molar-refractivity contribution in [3.05, 3.63) is 53.2 Å². The van der Waals surface area contributed by atoms with Gasteiger partial charge < -0.3 is 25.1 Å². The second-order valence-electron chi connectivity index (χ2n) is 6.79. The van der Waals surface area contributed by atoms with E-state index < -0.39 is 11.8 Å². The molecule has 1 heterocycles. The predicted octanol–water partition coefficient (Wildman–Crippen LogP) is 3.10. The second kappa shape index (κ2) is 8.68. The number of anilines is 1. The summed E-state index contributed by atoms with van der Waals surface area (Å²) in [5.74, 6) is -0.379. The summed E-state index contributed by atoms with van der Waals surface area (Å²) < 4.78 is 10.5. The summed E-state index contributed by atoms with van der Waals surface area (Å²) in [6.07, 6.45) is 2.57. The first-order valence-electron chi connectivity index (χ1n) is 9.32. The van der Waals surface area contributed by atoms with E-state index in [1.54, 1.807) is 12.1 Å². The van der Waals surface area contributed by atoms with Crippen LogP contribution in [-0.2, 0) is 16.0 Å². The largest absolute Gasteiger partial charge is 0.493 e. The van der Waals surface area contributed by atoms with Crippen LogP contribution in [0.3, 0.4) is 0 Å². The quantitative estimate of drug-likeness (QED) is 0.559. The molecule has 0 bridgehead atoms. The van der Waals surface area contributed by atoms with Crippen LogP contribution in [0.4, 0.5) is 5.69 Å². The Morgan fingerprint density at radius 2 is 1.72 bits per heavy atom. The molecule has 0 atom stereocenters. The van der Waals surface area contributed by atoms with Gasteiger partial charge in [0, 0.05) is 35.4 Å². The molecule has 0 aliphatic heterocycles. The number of benzene rings is 2. The molecule has 0 aliphatic carbocycles. The first-order valence-corrected chi connectivity index (χ1v) is 9.32. The molecule has 0 unspecified atom stereocenters. The van der Waals surface area contributed by atoms with Gasteiger partial charge in [-0.15, -0.1) is 0 Å². The van der Waals surface area contributed by atoms with Gasteiger partial charge in [0.15, 0.2) is 11.5 Å². The number of carbonyl (C=O) groups is 2. The number of carbonyl (C=O) groups excluding carboxylic acids is 2. The number of amides is 2. The highest BCUT2D eigenvalue weighted by Gasteiger charge is 2.17. The molecule has 3 rings (SSSR count). The molecule has 152 valence electrons. The first kappa shape index (κ1) is 20.3. The topological polar surface area (TPSA) is 92.5 Å². The fourth-order valence-corrected chi connectivity index (χ4v) is 3.33. The molecule has 0 saturated heterocycles. The van der Waals surface area contributed by atoms with Crippen LogP contribution in [0.2, 0.25) is 0 Å². The van der Waals surface area contributed by atoms with Gasteiger partial charge in [0.1, 0.15) is 0 Å². The van der Waals surface area contributed by atoms with Gasteiger partial charge in [0.25, 0.3) is 0 Å². The number of methoxy groups -OCH3 is 2. The summed E-state index contributed by atoms with van der Waals surface area (Å²) in [5.41, 5.74) is 4.60. The number of rotatable bonds is 6. The number of aromatic nitrogens is 1. The van der Waals surface area contributed by atoms with E-state index in [2.05, 4.69) is 28.6 Å². The SMILES string of the molecule is COc1cc(C)c(NC(=O)C(=O)NCCc2c[nH]c3cccc(C)c23)cc1OC. The zero-order valence-electron chi connectivity index (χ0n) is 17.0. The van der Waals surface area contributed by atoms with Gasteiger partial charge in [-0.3, -0.25) is 9.59 Å². The van der Waals surface area contributed by atoms with Crippen molar-refractivity contribution >= 4 is 28.4 Å². The van der Waals surface area contributed by atoms with E-state index in [1.165, 1.54) is 19.8 Å². The fraction of sp³-hybridized carbons (Fsp3) is 0.273. The van der Waals surface area contributed by atoms with E-state index in [1.807, 2.05) is 25.3 Å². The number of aryl methyl sites for hydroxylation is 2. The second-order valence-corrected chi connectivity index (χ2v) is 6.79. The zero-order chi connectivity index (χ0) is 21.0. The number of aromatic amines is 1. The lowest BCUT2D eigenvalue weighted by Crippen LogP contribution is -2.36. The average Bonchev–Trinajstić information content (AvgIpc) is 3.13. The van der Waals surface area contributed by atoms with E-state index in [0.717, 1.165) is 22.0 Å². The highest BCUT2D eigenvalue weighted by molar-refractivity contribution is 6.39. The maximum atomic E-state index is 12.3. The number of fused-ring (bicyclic) bond motifs is 1. The molecule has 7 nitrogen and oxygen atoms in total. The van der Waals surface area contributed by atoms with Crippen molar-refractivity contribution in [2.45, 2.75) is 20.3 Å². The highest BCUT2D eigenvalue weighted by atomic mass is 16.5. The molecular weight excluding hydrogens is 370 g/mol. The summed E-state index contributed by atoms with van der Waals surface area (Å²) in [6, 6.07) is 9.44. The predicted molar refractivity (Wildman–Crippen MR) is 113 cm³/mol. The minimum atomic E-state index is -0.726. The standard InChI is InChI=1S/C22H25N3O4/c1-13-6-5-7-16-20(13)15(12-24-16)8-9-23-21(26)22(27)25-17-11-19(29-4)18(28-3)10-14(17)2/h5-7,10-12,24H,8-9H2,1-4H3,(H,23,26)(H,25,27). The normalized spacial score (nSPS) is 10.6. The van der Waals surface area contributed by atoms with Gasteiger partial charge in [0.05, 0.1) is 14.2 Å². The molecule has 0 spiro atoms. The minimum Gasteiger partial charge on any atom is -0.493 e. The maximum Gasteiger partial charge on any atom is 0.313 e. The van der Waals surface area contributed by atoms with E-state index in [4.69, 9.17) is 9.47 Å². The molecule has 3 N–H and O–H groups in total. The number of nitrogens with one attached hydrogen (secondary N) is 3. The van der Waals surface area contributed by atoms with E-state index >= 15 is 0 Å². The van der Waals surface area contributed by atoms with Crippen molar-refractivity contribution in [2.75, 3.05) is 26.1 Å². The maximum absolute atomic E-state index is 12.3. The third kappa shape index (κ3) is 4.34. The van der Waals surface area contributed by atoms with Crippen molar-refractivity contribution in [2.24, 2.45) is 0 Å². The monoisotopic (exact) mass is 395 g/mol. The van der Waals surface area contributed by atoms with E-state index in [0.29, 0.717) is 30.2 Å². The molecule has 0 saturated carbocycles. The summed E-state index contributed by atoms with van der Waals surface area (Å²) in [6.45, 7) is 4.23. The Balaban J connectivity index is 1.60. The summed E-state index contributed by atoms with van der Waals surface area (Å²) in [4.78, 5) is 27.7. The molecular formula is C22H25N3O4. The molecule has 1 aromatic heterocycles. The lowest BCUT2D eigenvalue weighted by atomic mass is 10.1. The van der Waals surface area contributed by atoms with Gasteiger partial charge >= 0.3 is 11.8 Å². The van der Waals surface area contributed by atoms with Crippen molar-refractivity contribution in [3.63, 3.8) is 0 Å². The molecule has 0 radical (unpaired) electrons. The Morgan fingerprint density at radius 1 is 1.00 bits per heavy atom. The molecule has 2 aromatic carbocycles. The fourth-order valence-electron chi connectivity index (χ4n) is 3.33. The highest BCUT2D eigenvalue weighted by Crippen LogP contribution is 2.32. The Labute approximate surface area is 169 Å². The number of H-pyrrole nitrogens is 1. The summed E-state index contributed by atoms with van der Waals surface area (Å²) in [5, 5.41) is 6.46. The van der Waals surface area contributed by atoms with Gasteiger partial charge in [-0.1, -0.05) is 12.1 Å². The molecule has 29 heavy (non-hydrogen) atoms. The molecule has 0 fully saturated rings. The molecule has 0 aliphatic rings. The Bertz CT molecular complexity index is 1060. The van der Waals surface area contributed by atoms with Crippen LogP contribution in [-0.4, -0.2) is 37.6 Å². The van der Waals surface area contributed by atoms with E-state index in [9.17, 15) is 9.59 Å². The van der Waals surface area contributed by atoms with Gasteiger partial charge in [0.2, 0.25) is 0 Å².